The molecule has 0 aromatic heterocycles. The van der Waals surface area contributed by atoms with E-state index in [9.17, 15) is 9.59 Å². The maximum atomic E-state index is 9.92. The molecule has 3 nitrogen and oxygen atoms in total. The molecule has 1 rings (SSSR count). The molecule has 0 amide bonds. The van der Waals surface area contributed by atoms with Crippen molar-refractivity contribution < 1.29 is 14.3 Å². The minimum Gasteiger partial charge on any atom is -0.387 e. The lowest BCUT2D eigenvalue weighted by Gasteiger charge is -1.80. The second-order valence-corrected chi connectivity index (χ2v) is 1.07. The summed E-state index contributed by atoms with van der Waals surface area (Å²) >= 11 is 0. The molecule has 0 atom stereocenters. The van der Waals surface area contributed by atoms with Gasteiger partial charge in [-0.15, -0.1) is 0 Å². The molecule has 0 N–H and O–H groups in total. The van der Waals surface area contributed by atoms with Crippen LogP contribution in [-0.4, -0.2) is 11.9 Å². The van der Waals surface area contributed by atoms with Gasteiger partial charge in [0, 0.05) is 12.2 Å². The van der Waals surface area contributed by atoms with Crippen LogP contribution in [-0.2, 0) is 14.3 Å². The van der Waals surface area contributed by atoms with E-state index in [2.05, 4.69) is 4.74 Å². The Kier molecular flexibility index (Phi) is 3.35. The summed E-state index contributed by atoms with van der Waals surface area (Å²) in [5.41, 5.74) is 0. The van der Waals surface area contributed by atoms with Crippen molar-refractivity contribution in [2.24, 2.45) is 0 Å². The van der Waals surface area contributed by atoms with Crippen LogP contribution in [0.25, 0.3) is 0 Å². The van der Waals surface area contributed by atoms with E-state index in [1.165, 1.54) is 0 Å². The first-order valence-electron chi connectivity index (χ1n) is 2.73. The predicted octanol–water partition coefficient (Wildman–Crippen LogP) is 0.652. The molecule has 0 saturated heterocycles. The monoisotopic (exact) mass is 128 g/mol. The van der Waals surface area contributed by atoms with Gasteiger partial charge in [0.25, 0.3) is 0 Å². The van der Waals surface area contributed by atoms with Gasteiger partial charge < -0.3 is 4.74 Å². The summed E-state index contributed by atoms with van der Waals surface area (Å²) in [5.74, 6) is -1.16. The van der Waals surface area contributed by atoms with Gasteiger partial charge in [0.15, 0.2) is 0 Å². The van der Waals surface area contributed by atoms with Gasteiger partial charge in [-0.3, -0.25) is 0 Å². The Morgan fingerprint density at radius 1 is 1.11 bits per heavy atom. The zero-order valence-corrected chi connectivity index (χ0v) is 5.38. The summed E-state index contributed by atoms with van der Waals surface area (Å²) in [6.45, 7) is 4.00. The third-order valence-electron chi connectivity index (χ3n) is 0.557. The Balaban J connectivity index is 0.000000291. The zero-order valence-electron chi connectivity index (χ0n) is 5.38. The SMILES string of the molecule is CC.O=C1C=CC(=O)O1. The number of cyclic esters (lactones) is 2. The summed E-state index contributed by atoms with van der Waals surface area (Å²) in [5, 5.41) is 0. The van der Waals surface area contributed by atoms with E-state index in [0.717, 1.165) is 12.2 Å². The molecule has 0 aromatic rings. The van der Waals surface area contributed by atoms with Crippen LogP contribution in [0.2, 0.25) is 0 Å². The highest BCUT2D eigenvalue weighted by Gasteiger charge is 2.10. The van der Waals surface area contributed by atoms with Gasteiger partial charge in [0.2, 0.25) is 0 Å². The lowest BCUT2D eigenvalue weighted by atomic mass is 10.6. The van der Waals surface area contributed by atoms with Crippen LogP contribution in [0.4, 0.5) is 0 Å². The zero-order chi connectivity index (χ0) is 7.28. The number of hydrogen-bond acceptors (Lipinski definition) is 3. The first-order valence-corrected chi connectivity index (χ1v) is 2.73. The molecular formula is C6H8O3. The van der Waals surface area contributed by atoms with E-state index in [1.54, 1.807) is 0 Å². The van der Waals surface area contributed by atoms with Crippen LogP contribution in [0.15, 0.2) is 12.2 Å². The number of esters is 2. The molecule has 1 aliphatic heterocycles. The fraction of sp³-hybridized carbons (Fsp3) is 0.333. The summed E-state index contributed by atoms with van der Waals surface area (Å²) in [6, 6.07) is 0. The first-order chi connectivity index (χ1) is 4.29. The smallest absolute Gasteiger partial charge is 0.338 e. The van der Waals surface area contributed by atoms with Crippen molar-refractivity contribution in [3.05, 3.63) is 12.2 Å². The molecular weight excluding hydrogens is 120 g/mol. The largest absolute Gasteiger partial charge is 0.387 e. The number of hydrogen-bond donors (Lipinski definition) is 0. The van der Waals surface area contributed by atoms with Crippen molar-refractivity contribution in [1.29, 1.82) is 0 Å². The van der Waals surface area contributed by atoms with Gasteiger partial charge in [-0.25, -0.2) is 9.59 Å². The third-order valence-corrected chi connectivity index (χ3v) is 0.557. The first kappa shape index (κ1) is 7.88. The Bertz CT molecular complexity index is 130. The topological polar surface area (TPSA) is 43.4 Å². The fourth-order valence-electron chi connectivity index (χ4n) is 0.303. The summed E-state index contributed by atoms with van der Waals surface area (Å²) < 4.78 is 3.97. The van der Waals surface area contributed by atoms with Gasteiger partial charge in [0.1, 0.15) is 0 Å². The molecule has 1 heterocycles. The highest BCUT2D eigenvalue weighted by Crippen LogP contribution is 1.92. The third kappa shape index (κ3) is 2.64. The Morgan fingerprint density at radius 3 is 1.56 bits per heavy atom. The molecule has 1 aliphatic rings. The molecule has 3 heteroatoms. The number of rotatable bonds is 0. The molecule has 0 bridgehead atoms. The predicted molar refractivity (Wildman–Crippen MR) is 31.6 cm³/mol. The average Bonchev–Trinajstić information content (AvgIpc) is 2.20. The minimum atomic E-state index is -0.579. The summed E-state index contributed by atoms with van der Waals surface area (Å²) in [7, 11) is 0. The Labute approximate surface area is 53.3 Å². The van der Waals surface area contributed by atoms with Crippen LogP contribution < -0.4 is 0 Å². The maximum Gasteiger partial charge on any atom is 0.338 e. The van der Waals surface area contributed by atoms with Gasteiger partial charge in [0.05, 0.1) is 0 Å². The van der Waals surface area contributed by atoms with E-state index >= 15 is 0 Å². The summed E-state index contributed by atoms with van der Waals surface area (Å²) in [4.78, 5) is 19.8. The summed E-state index contributed by atoms with van der Waals surface area (Å²) in [6.07, 6.45) is 2.17. The van der Waals surface area contributed by atoms with E-state index in [-0.39, 0.29) is 0 Å². The molecule has 0 saturated carbocycles. The highest BCUT2D eigenvalue weighted by atomic mass is 16.6. The fourth-order valence-corrected chi connectivity index (χ4v) is 0.303. The molecule has 9 heavy (non-hydrogen) atoms. The van der Waals surface area contributed by atoms with Crippen molar-refractivity contribution in [1.82, 2.24) is 0 Å². The minimum absolute atomic E-state index is 0.579. The van der Waals surface area contributed by atoms with Crippen molar-refractivity contribution in [3.63, 3.8) is 0 Å². The number of ether oxygens (including phenoxy) is 1. The molecule has 0 fully saturated rings. The van der Waals surface area contributed by atoms with E-state index in [4.69, 9.17) is 0 Å². The quantitative estimate of drug-likeness (QED) is 0.355. The maximum absolute atomic E-state index is 9.92. The van der Waals surface area contributed by atoms with Crippen LogP contribution >= 0.6 is 0 Å². The molecule has 0 aromatic carbocycles. The molecule has 0 radical (unpaired) electrons. The number of carbonyl (C=O) groups excluding carboxylic acids is 2. The van der Waals surface area contributed by atoms with Gasteiger partial charge >= 0.3 is 11.9 Å². The van der Waals surface area contributed by atoms with Crippen LogP contribution in [0.5, 0.6) is 0 Å². The Morgan fingerprint density at radius 2 is 1.44 bits per heavy atom. The average molecular weight is 128 g/mol. The molecule has 0 unspecified atom stereocenters. The Hall–Kier alpha value is -1.12. The molecule has 50 valence electrons. The lowest BCUT2D eigenvalue weighted by Crippen LogP contribution is -1.96. The van der Waals surface area contributed by atoms with E-state index in [1.807, 2.05) is 13.8 Å². The number of carbonyl (C=O) groups is 2. The van der Waals surface area contributed by atoms with Crippen molar-refractivity contribution >= 4 is 11.9 Å². The van der Waals surface area contributed by atoms with Gasteiger partial charge in [-0.05, 0) is 0 Å². The highest BCUT2D eigenvalue weighted by molar-refractivity contribution is 6.04. The van der Waals surface area contributed by atoms with Crippen molar-refractivity contribution in [3.8, 4) is 0 Å². The second kappa shape index (κ2) is 3.83. The lowest BCUT2D eigenvalue weighted by molar-refractivity contribution is -0.150. The van der Waals surface area contributed by atoms with Crippen molar-refractivity contribution in [2.75, 3.05) is 0 Å². The van der Waals surface area contributed by atoms with Crippen molar-refractivity contribution in [2.45, 2.75) is 13.8 Å². The molecule has 0 spiro atoms. The van der Waals surface area contributed by atoms with Gasteiger partial charge in [-0.1, -0.05) is 13.8 Å². The van der Waals surface area contributed by atoms with Gasteiger partial charge in [-0.2, -0.15) is 0 Å². The van der Waals surface area contributed by atoms with Crippen LogP contribution in [0, 0.1) is 0 Å². The second-order valence-electron chi connectivity index (χ2n) is 1.07. The standard InChI is InChI=1S/C4H2O3.C2H6/c5-3-1-2-4(6)7-3;1-2/h1-2H;1-2H3. The van der Waals surface area contributed by atoms with Crippen LogP contribution in [0.1, 0.15) is 13.8 Å². The normalized spacial score (nSPS) is 14.4. The van der Waals surface area contributed by atoms with E-state index in [0.29, 0.717) is 0 Å². The molecule has 0 aliphatic carbocycles. The van der Waals surface area contributed by atoms with E-state index < -0.39 is 11.9 Å². The van der Waals surface area contributed by atoms with Crippen LogP contribution in [0.3, 0.4) is 0 Å².